The lowest BCUT2D eigenvalue weighted by atomic mass is 10.0. The number of rotatable bonds is 3. The first-order valence-corrected chi connectivity index (χ1v) is 8.41. The Kier molecular flexibility index (Phi) is 7.77. The normalized spacial score (nSPS) is 17.6. The molecule has 3 rings (SSSR count). The molecule has 1 aromatic carbocycles. The Bertz CT molecular complexity index is 756. The predicted octanol–water partition coefficient (Wildman–Crippen LogP) is 3.30. The van der Waals surface area contributed by atoms with Crippen molar-refractivity contribution in [2.45, 2.75) is 19.6 Å². The molecule has 0 bridgehead atoms. The van der Waals surface area contributed by atoms with Crippen LogP contribution in [0.25, 0.3) is 0 Å². The van der Waals surface area contributed by atoms with E-state index in [0.29, 0.717) is 25.4 Å². The number of pyridine rings is 1. The van der Waals surface area contributed by atoms with Crippen molar-refractivity contribution in [3.63, 3.8) is 0 Å². The van der Waals surface area contributed by atoms with Crippen LogP contribution in [0.2, 0.25) is 0 Å². The molecule has 5 nitrogen and oxygen atoms in total. The van der Waals surface area contributed by atoms with Crippen LogP contribution in [-0.2, 0) is 11.3 Å². The zero-order chi connectivity index (χ0) is 17.6. The maximum Gasteiger partial charge on any atom is 0.194 e. The number of halogens is 2. The number of nitrogens with zero attached hydrogens (tertiary/aromatic N) is 3. The molecule has 26 heavy (non-hydrogen) atoms. The minimum atomic E-state index is -0.315. The SMILES string of the molecule is CN=C(NCc1ncccc1F)N1CCOC(c2ccccc2C)C1.I. The molecule has 0 radical (unpaired) electrons. The van der Waals surface area contributed by atoms with E-state index in [0.717, 1.165) is 12.5 Å². The van der Waals surface area contributed by atoms with Gasteiger partial charge in [0.05, 0.1) is 25.4 Å². The molecule has 1 saturated heterocycles. The largest absolute Gasteiger partial charge is 0.370 e. The lowest BCUT2D eigenvalue weighted by Gasteiger charge is -2.35. The van der Waals surface area contributed by atoms with E-state index in [4.69, 9.17) is 4.74 Å². The fraction of sp³-hybridized carbons (Fsp3) is 0.368. The summed E-state index contributed by atoms with van der Waals surface area (Å²) in [7, 11) is 1.73. The maximum atomic E-state index is 13.7. The van der Waals surface area contributed by atoms with E-state index in [1.165, 1.54) is 17.2 Å². The molecule has 1 fully saturated rings. The molecule has 1 aromatic heterocycles. The highest BCUT2D eigenvalue weighted by Gasteiger charge is 2.25. The van der Waals surface area contributed by atoms with E-state index in [9.17, 15) is 4.39 Å². The molecule has 2 heterocycles. The highest BCUT2D eigenvalue weighted by molar-refractivity contribution is 14.0. The Hall–Kier alpha value is -1.74. The summed E-state index contributed by atoms with van der Waals surface area (Å²) in [5, 5.41) is 3.20. The molecule has 1 aliphatic heterocycles. The minimum absolute atomic E-state index is 0. The highest BCUT2D eigenvalue weighted by Crippen LogP contribution is 2.25. The Balaban J connectivity index is 0.00000243. The molecule has 0 amide bonds. The van der Waals surface area contributed by atoms with Crippen LogP contribution >= 0.6 is 24.0 Å². The van der Waals surface area contributed by atoms with Gasteiger partial charge in [0.25, 0.3) is 0 Å². The maximum absolute atomic E-state index is 13.7. The molecule has 140 valence electrons. The number of aryl methyl sites for hydroxylation is 1. The lowest BCUT2D eigenvalue weighted by molar-refractivity contribution is -0.00834. The van der Waals surface area contributed by atoms with Crippen LogP contribution in [0.4, 0.5) is 4.39 Å². The van der Waals surface area contributed by atoms with Gasteiger partial charge in [-0.15, -0.1) is 24.0 Å². The van der Waals surface area contributed by atoms with Gasteiger partial charge in [0, 0.05) is 19.8 Å². The smallest absolute Gasteiger partial charge is 0.194 e. The zero-order valence-corrected chi connectivity index (χ0v) is 17.3. The molecule has 1 aliphatic rings. The average molecular weight is 470 g/mol. The van der Waals surface area contributed by atoms with Gasteiger partial charge >= 0.3 is 0 Å². The van der Waals surface area contributed by atoms with Crippen molar-refractivity contribution >= 4 is 29.9 Å². The van der Waals surface area contributed by atoms with E-state index in [-0.39, 0.29) is 35.9 Å². The van der Waals surface area contributed by atoms with Gasteiger partial charge in [-0.25, -0.2) is 4.39 Å². The number of morpholine rings is 1. The number of aliphatic imine (C=N–C) groups is 1. The van der Waals surface area contributed by atoms with Crippen molar-refractivity contribution < 1.29 is 9.13 Å². The van der Waals surface area contributed by atoms with Crippen LogP contribution < -0.4 is 5.32 Å². The number of aromatic nitrogens is 1. The molecular formula is C19H24FIN4O. The van der Waals surface area contributed by atoms with E-state index in [1.807, 2.05) is 12.1 Å². The van der Waals surface area contributed by atoms with Gasteiger partial charge in [0.15, 0.2) is 5.96 Å². The summed E-state index contributed by atoms with van der Waals surface area (Å²) in [6.45, 7) is 4.46. The summed E-state index contributed by atoms with van der Waals surface area (Å²) in [6, 6.07) is 11.2. The van der Waals surface area contributed by atoms with Gasteiger partial charge in [-0.3, -0.25) is 9.98 Å². The van der Waals surface area contributed by atoms with E-state index < -0.39 is 0 Å². The van der Waals surface area contributed by atoms with Crippen molar-refractivity contribution in [1.82, 2.24) is 15.2 Å². The number of benzene rings is 1. The van der Waals surface area contributed by atoms with Gasteiger partial charge in [-0.05, 0) is 30.2 Å². The second kappa shape index (κ2) is 9.82. The standard InChI is InChI=1S/C19H23FN4O.HI/c1-14-6-3-4-7-15(14)18-13-24(10-11-25-18)19(21-2)23-12-17-16(20)8-5-9-22-17;/h3-9,18H,10-13H2,1-2H3,(H,21,23);1H. The van der Waals surface area contributed by atoms with E-state index in [2.05, 4.69) is 39.2 Å². The lowest BCUT2D eigenvalue weighted by Crippen LogP contribution is -2.48. The molecular weight excluding hydrogens is 446 g/mol. The zero-order valence-electron chi connectivity index (χ0n) is 15.0. The predicted molar refractivity (Wildman–Crippen MR) is 111 cm³/mol. The van der Waals surface area contributed by atoms with Crippen molar-refractivity contribution in [2.24, 2.45) is 4.99 Å². The van der Waals surface area contributed by atoms with Crippen molar-refractivity contribution in [3.05, 3.63) is 65.2 Å². The summed E-state index contributed by atoms with van der Waals surface area (Å²) in [5.74, 6) is 0.414. The van der Waals surface area contributed by atoms with Crippen LogP contribution in [0.3, 0.4) is 0 Å². The molecule has 1 atom stereocenters. The van der Waals surface area contributed by atoms with E-state index >= 15 is 0 Å². The van der Waals surface area contributed by atoms with Crippen molar-refractivity contribution in [3.8, 4) is 0 Å². The summed E-state index contributed by atoms with van der Waals surface area (Å²) < 4.78 is 19.7. The van der Waals surface area contributed by atoms with Crippen molar-refractivity contribution in [2.75, 3.05) is 26.7 Å². The van der Waals surface area contributed by atoms with Crippen LogP contribution in [0, 0.1) is 12.7 Å². The van der Waals surface area contributed by atoms with Gasteiger partial charge in [0.1, 0.15) is 11.9 Å². The molecule has 0 saturated carbocycles. The Morgan fingerprint density at radius 1 is 1.35 bits per heavy atom. The first-order valence-electron chi connectivity index (χ1n) is 8.41. The first kappa shape index (κ1) is 20.6. The Morgan fingerprint density at radius 2 is 2.15 bits per heavy atom. The number of hydrogen-bond donors (Lipinski definition) is 1. The summed E-state index contributed by atoms with van der Waals surface area (Å²) in [4.78, 5) is 10.5. The highest BCUT2D eigenvalue weighted by atomic mass is 127. The second-order valence-electron chi connectivity index (χ2n) is 5.99. The Labute approximate surface area is 170 Å². The summed E-state index contributed by atoms with van der Waals surface area (Å²) >= 11 is 0. The monoisotopic (exact) mass is 470 g/mol. The molecule has 7 heteroatoms. The number of ether oxygens (including phenoxy) is 1. The third-order valence-corrected chi connectivity index (χ3v) is 4.36. The number of guanidine groups is 1. The second-order valence-corrected chi connectivity index (χ2v) is 5.99. The van der Waals surface area contributed by atoms with Gasteiger partial charge in [-0.2, -0.15) is 0 Å². The quantitative estimate of drug-likeness (QED) is 0.425. The number of nitrogens with one attached hydrogen (secondary N) is 1. The molecule has 1 unspecified atom stereocenters. The molecule has 2 aromatic rings. The third-order valence-electron chi connectivity index (χ3n) is 4.36. The Morgan fingerprint density at radius 3 is 2.88 bits per heavy atom. The van der Waals surface area contributed by atoms with Gasteiger partial charge in [-0.1, -0.05) is 24.3 Å². The fourth-order valence-corrected chi connectivity index (χ4v) is 3.02. The molecule has 0 spiro atoms. The fourth-order valence-electron chi connectivity index (χ4n) is 3.02. The van der Waals surface area contributed by atoms with Crippen molar-refractivity contribution in [1.29, 1.82) is 0 Å². The van der Waals surface area contributed by atoms with Crippen LogP contribution in [-0.4, -0.2) is 42.6 Å². The van der Waals surface area contributed by atoms with Gasteiger partial charge < -0.3 is 15.0 Å². The van der Waals surface area contributed by atoms with Crippen LogP contribution in [0.1, 0.15) is 22.9 Å². The minimum Gasteiger partial charge on any atom is -0.370 e. The van der Waals surface area contributed by atoms with Gasteiger partial charge in [0.2, 0.25) is 0 Å². The average Bonchev–Trinajstić information content (AvgIpc) is 2.64. The topological polar surface area (TPSA) is 49.8 Å². The first-order chi connectivity index (χ1) is 12.2. The number of hydrogen-bond acceptors (Lipinski definition) is 3. The van der Waals surface area contributed by atoms with Crippen LogP contribution in [0.5, 0.6) is 0 Å². The molecule has 1 N–H and O–H groups in total. The summed E-state index contributed by atoms with van der Waals surface area (Å²) in [6.07, 6.45) is 1.59. The molecule has 0 aliphatic carbocycles. The van der Waals surface area contributed by atoms with E-state index in [1.54, 1.807) is 19.3 Å². The van der Waals surface area contributed by atoms with Crippen LogP contribution in [0.15, 0.2) is 47.6 Å². The summed E-state index contributed by atoms with van der Waals surface area (Å²) in [5.41, 5.74) is 2.79. The third kappa shape index (κ3) is 4.91.